The first-order valence-electron chi connectivity index (χ1n) is 11.3. The summed E-state index contributed by atoms with van der Waals surface area (Å²) in [5.41, 5.74) is 4.13. The Morgan fingerprint density at radius 2 is 1.89 bits per heavy atom. The normalized spacial score (nSPS) is 11.0. The van der Waals surface area contributed by atoms with Crippen LogP contribution in [-0.4, -0.2) is 37.7 Å². The van der Waals surface area contributed by atoms with E-state index in [0.717, 1.165) is 33.1 Å². The number of aromatic nitrogens is 5. The monoisotopic (exact) mass is 475 g/mol. The summed E-state index contributed by atoms with van der Waals surface area (Å²) in [7, 11) is 0. The maximum atomic E-state index is 12.2. The van der Waals surface area contributed by atoms with Gasteiger partial charge in [0.15, 0.2) is 12.4 Å². The fraction of sp³-hybridized carbons (Fsp3) is 0.0370. The van der Waals surface area contributed by atoms with Crippen LogP contribution in [-0.2, 0) is 4.79 Å². The predicted molar refractivity (Wildman–Crippen MR) is 139 cm³/mol. The smallest absolute Gasteiger partial charge is 0.262 e. The average molecular weight is 476 g/mol. The number of hydrogen-bond acceptors (Lipinski definition) is 6. The first kappa shape index (κ1) is 21.4. The number of para-hydroxylation sites is 1. The molecule has 3 aromatic heterocycles. The third-order valence-corrected chi connectivity index (χ3v) is 5.65. The molecule has 0 aliphatic heterocycles. The Morgan fingerprint density at radius 3 is 2.81 bits per heavy atom. The highest BCUT2D eigenvalue weighted by atomic mass is 16.5. The van der Waals surface area contributed by atoms with Gasteiger partial charge in [0, 0.05) is 34.4 Å². The number of nitrogens with zero attached hydrogens (tertiary/aromatic N) is 3. The Balaban J connectivity index is 1.28. The summed E-state index contributed by atoms with van der Waals surface area (Å²) in [6, 6.07) is 23.0. The SMILES string of the molecule is O=C(COc1cccc(-c2nc(Nc3ccc4[nH]ncc4c3)c3ccccc3n2)c1)Nc1cc[nH]c1. The van der Waals surface area contributed by atoms with Crippen LogP contribution in [0.4, 0.5) is 17.2 Å². The van der Waals surface area contributed by atoms with E-state index in [1.54, 1.807) is 30.7 Å². The van der Waals surface area contributed by atoms with Crippen molar-refractivity contribution < 1.29 is 9.53 Å². The van der Waals surface area contributed by atoms with Crippen LogP contribution in [0.5, 0.6) is 5.75 Å². The van der Waals surface area contributed by atoms with Gasteiger partial charge in [0.2, 0.25) is 0 Å². The third-order valence-electron chi connectivity index (χ3n) is 5.65. The number of amides is 1. The standard InChI is InChI=1S/C27H21N7O2/c35-25(30-20-10-11-28-15-20)16-36-21-5-3-4-17(13-21)26-32-24-7-2-1-6-22(24)27(33-26)31-19-8-9-23-18(12-19)14-29-34-23/h1-15,28H,16H2,(H,29,34)(H,30,35)(H,31,32,33). The molecule has 0 saturated heterocycles. The lowest BCUT2D eigenvalue weighted by molar-refractivity contribution is -0.118. The lowest BCUT2D eigenvalue weighted by Gasteiger charge is -2.12. The van der Waals surface area contributed by atoms with E-state index in [1.807, 2.05) is 60.7 Å². The quantitative estimate of drug-likeness (QED) is 0.250. The van der Waals surface area contributed by atoms with Crippen molar-refractivity contribution in [1.82, 2.24) is 25.1 Å². The van der Waals surface area contributed by atoms with Gasteiger partial charge in [-0.25, -0.2) is 9.97 Å². The summed E-state index contributed by atoms with van der Waals surface area (Å²) in [4.78, 5) is 24.7. The maximum absolute atomic E-state index is 12.2. The minimum absolute atomic E-state index is 0.115. The molecule has 0 spiro atoms. The van der Waals surface area contributed by atoms with E-state index in [4.69, 9.17) is 14.7 Å². The van der Waals surface area contributed by atoms with Gasteiger partial charge in [-0.05, 0) is 48.5 Å². The number of carbonyl (C=O) groups excluding carboxylic acids is 1. The Hall–Kier alpha value is -5.18. The largest absolute Gasteiger partial charge is 0.484 e. The van der Waals surface area contributed by atoms with E-state index in [0.29, 0.717) is 23.1 Å². The van der Waals surface area contributed by atoms with Gasteiger partial charge in [0.25, 0.3) is 5.91 Å². The molecule has 3 heterocycles. The van der Waals surface area contributed by atoms with Gasteiger partial charge in [0.1, 0.15) is 11.6 Å². The molecule has 0 aliphatic rings. The second-order valence-corrected chi connectivity index (χ2v) is 8.17. The molecule has 0 radical (unpaired) electrons. The van der Waals surface area contributed by atoms with Crippen molar-refractivity contribution in [3.63, 3.8) is 0 Å². The Labute approximate surface area is 205 Å². The summed E-state index contributed by atoms with van der Waals surface area (Å²) in [6.45, 7) is -0.115. The Kier molecular flexibility index (Phi) is 5.47. The Bertz CT molecular complexity index is 1670. The molecular weight excluding hydrogens is 454 g/mol. The van der Waals surface area contributed by atoms with E-state index in [-0.39, 0.29) is 12.5 Å². The second-order valence-electron chi connectivity index (χ2n) is 8.17. The molecule has 0 saturated carbocycles. The van der Waals surface area contributed by atoms with Gasteiger partial charge >= 0.3 is 0 Å². The van der Waals surface area contributed by atoms with Crippen molar-refractivity contribution >= 4 is 44.9 Å². The fourth-order valence-electron chi connectivity index (χ4n) is 3.93. The molecular formula is C27H21N7O2. The zero-order chi connectivity index (χ0) is 24.3. The van der Waals surface area contributed by atoms with Crippen LogP contribution in [0.1, 0.15) is 0 Å². The lowest BCUT2D eigenvalue weighted by Crippen LogP contribution is -2.19. The molecule has 0 atom stereocenters. The number of benzene rings is 3. The molecule has 0 bridgehead atoms. The highest BCUT2D eigenvalue weighted by Gasteiger charge is 2.12. The number of carbonyl (C=O) groups is 1. The number of ether oxygens (including phenoxy) is 1. The summed E-state index contributed by atoms with van der Waals surface area (Å²) in [5, 5.41) is 15.2. The van der Waals surface area contributed by atoms with Gasteiger partial charge in [-0.15, -0.1) is 0 Å². The molecule has 6 aromatic rings. The Morgan fingerprint density at radius 1 is 0.944 bits per heavy atom. The molecule has 9 heteroatoms. The first-order valence-corrected chi connectivity index (χ1v) is 11.3. The zero-order valence-electron chi connectivity index (χ0n) is 19.0. The summed E-state index contributed by atoms with van der Waals surface area (Å²) in [5.74, 6) is 1.54. The minimum atomic E-state index is -0.247. The van der Waals surface area contributed by atoms with Gasteiger partial charge in [-0.1, -0.05) is 24.3 Å². The highest BCUT2D eigenvalue weighted by molar-refractivity contribution is 5.93. The van der Waals surface area contributed by atoms with Crippen LogP contribution in [0.2, 0.25) is 0 Å². The van der Waals surface area contributed by atoms with Crippen LogP contribution in [0.15, 0.2) is 91.4 Å². The topological polar surface area (TPSA) is 121 Å². The number of rotatable bonds is 7. The first-order chi connectivity index (χ1) is 17.7. The maximum Gasteiger partial charge on any atom is 0.262 e. The van der Waals surface area contributed by atoms with Crippen LogP contribution in [0, 0.1) is 0 Å². The van der Waals surface area contributed by atoms with Crippen molar-refractivity contribution in [3.8, 4) is 17.1 Å². The molecule has 176 valence electrons. The predicted octanol–water partition coefficient (Wildman–Crippen LogP) is 5.26. The van der Waals surface area contributed by atoms with Crippen molar-refractivity contribution in [1.29, 1.82) is 0 Å². The molecule has 0 aliphatic carbocycles. The van der Waals surface area contributed by atoms with E-state index in [9.17, 15) is 4.79 Å². The van der Waals surface area contributed by atoms with Crippen LogP contribution in [0.3, 0.4) is 0 Å². The van der Waals surface area contributed by atoms with Crippen LogP contribution >= 0.6 is 0 Å². The minimum Gasteiger partial charge on any atom is -0.484 e. The fourth-order valence-corrected chi connectivity index (χ4v) is 3.93. The van der Waals surface area contributed by atoms with E-state index < -0.39 is 0 Å². The van der Waals surface area contributed by atoms with Crippen molar-refractivity contribution in [2.24, 2.45) is 0 Å². The molecule has 36 heavy (non-hydrogen) atoms. The van der Waals surface area contributed by atoms with Gasteiger partial charge in [0.05, 0.1) is 22.9 Å². The van der Waals surface area contributed by atoms with E-state index in [1.165, 1.54) is 0 Å². The number of aromatic amines is 2. The summed E-state index contributed by atoms with van der Waals surface area (Å²) in [6.07, 6.45) is 5.23. The molecule has 9 nitrogen and oxygen atoms in total. The van der Waals surface area contributed by atoms with Crippen LogP contribution in [0.25, 0.3) is 33.2 Å². The van der Waals surface area contributed by atoms with Crippen molar-refractivity contribution in [2.75, 3.05) is 17.2 Å². The molecule has 1 amide bonds. The summed E-state index contributed by atoms with van der Waals surface area (Å²) < 4.78 is 5.72. The number of nitrogens with one attached hydrogen (secondary N) is 4. The third kappa shape index (κ3) is 4.45. The van der Waals surface area contributed by atoms with E-state index >= 15 is 0 Å². The van der Waals surface area contributed by atoms with Gasteiger partial charge < -0.3 is 20.4 Å². The number of H-pyrrole nitrogens is 2. The van der Waals surface area contributed by atoms with Crippen molar-refractivity contribution in [2.45, 2.75) is 0 Å². The molecule has 0 unspecified atom stereocenters. The second kappa shape index (κ2) is 9.22. The summed E-state index contributed by atoms with van der Waals surface area (Å²) >= 11 is 0. The van der Waals surface area contributed by atoms with Gasteiger partial charge in [-0.3, -0.25) is 9.89 Å². The molecule has 6 rings (SSSR count). The van der Waals surface area contributed by atoms with Crippen molar-refractivity contribution in [3.05, 3.63) is 91.4 Å². The number of fused-ring (bicyclic) bond motifs is 2. The van der Waals surface area contributed by atoms with E-state index in [2.05, 4.69) is 25.8 Å². The lowest BCUT2D eigenvalue weighted by atomic mass is 10.1. The van der Waals surface area contributed by atoms with Gasteiger partial charge in [-0.2, -0.15) is 5.10 Å². The average Bonchev–Trinajstić information content (AvgIpc) is 3.59. The van der Waals surface area contributed by atoms with Crippen LogP contribution < -0.4 is 15.4 Å². The number of hydrogen-bond donors (Lipinski definition) is 4. The molecule has 3 aromatic carbocycles. The molecule has 0 fully saturated rings. The molecule has 4 N–H and O–H groups in total. The number of anilines is 3. The zero-order valence-corrected chi connectivity index (χ0v) is 19.0. The highest BCUT2D eigenvalue weighted by Crippen LogP contribution is 2.29.